The van der Waals surface area contributed by atoms with E-state index >= 15 is 0 Å². The molecule has 0 spiro atoms. The summed E-state index contributed by atoms with van der Waals surface area (Å²) in [4.78, 5) is 0. The molecule has 3 heteroatoms. The average molecular weight is 249 g/mol. The van der Waals surface area contributed by atoms with Crippen LogP contribution in [-0.2, 0) is 0 Å². The Hall–Kier alpha value is -1.48. The molecule has 0 atom stereocenters. The summed E-state index contributed by atoms with van der Waals surface area (Å²) in [6.45, 7) is 6.68. The van der Waals surface area contributed by atoms with Crippen molar-refractivity contribution in [3.8, 4) is 11.5 Å². The molecule has 0 radical (unpaired) electrons. The van der Waals surface area contributed by atoms with E-state index in [1.807, 2.05) is 32.0 Å². The molecule has 0 bridgehead atoms. The Morgan fingerprint density at radius 1 is 1.33 bits per heavy atom. The van der Waals surface area contributed by atoms with Gasteiger partial charge in [-0.15, -0.1) is 0 Å². The third-order valence-corrected chi connectivity index (χ3v) is 2.64. The quantitative estimate of drug-likeness (QED) is 0.841. The summed E-state index contributed by atoms with van der Waals surface area (Å²) in [6, 6.07) is 5.93. The van der Waals surface area contributed by atoms with E-state index in [2.05, 4.69) is 13.0 Å². The van der Waals surface area contributed by atoms with Crippen LogP contribution in [0.5, 0.6) is 11.5 Å². The minimum atomic E-state index is 0.135. The fourth-order valence-electron chi connectivity index (χ4n) is 1.67. The molecule has 0 aliphatic heterocycles. The molecular weight excluding hydrogens is 226 g/mol. The SMILES string of the molecule is CCC(=Cc1ccc(OC(C)C)c(OC)c1)CN. The maximum atomic E-state index is 5.68. The zero-order valence-electron chi connectivity index (χ0n) is 11.7. The van der Waals surface area contributed by atoms with E-state index in [9.17, 15) is 0 Å². The molecule has 0 heterocycles. The maximum Gasteiger partial charge on any atom is 0.161 e. The molecule has 1 aromatic rings. The standard InChI is InChI=1S/C15H23NO2/c1-5-12(10-16)8-13-6-7-14(18-11(2)3)15(9-13)17-4/h6-9,11H,5,10,16H2,1-4H3. The highest BCUT2D eigenvalue weighted by Gasteiger charge is 2.06. The minimum Gasteiger partial charge on any atom is -0.493 e. The van der Waals surface area contributed by atoms with Crippen LogP contribution in [-0.4, -0.2) is 19.8 Å². The summed E-state index contributed by atoms with van der Waals surface area (Å²) in [6.07, 6.45) is 3.20. The summed E-state index contributed by atoms with van der Waals surface area (Å²) in [5.41, 5.74) is 7.98. The van der Waals surface area contributed by atoms with Crippen LogP contribution in [0.4, 0.5) is 0 Å². The van der Waals surface area contributed by atoms with Crippen molar-refractivity contribution in [1.82, 2.24) is 0 Å². The molecule has 0 saturated heterocycles. The average Bonchev–Trinajstić information content (AvgIpc) is 2.36. The Balaban J connectivity index is 3.01. The Bertz CT molecular complexity index is 405. The summed E-state index contributed by atoms with van der Waals surface area (Å²) in [5, 5.41) is 0. The summed E-state index contributed by atoms with van der Waals surface area (Å²) in [5.74, 6) is 1.53. The van der Waals surface area contributed by atoms with Crippen molar-refractivity contribution in [2.24, 2.45) is 5.73 Å². The van der Waals surface area contributed by atoms with E-state index < -0.39 is 0 Å². The van der Waals surface area contributed by atoms with E-state index in [1.165, 1.54) is 5.57 Å². The summed E-state index contributed by atoms with van der Waals surface area (Å²) in [7, 11) is 1.65. The predicted molar refractivity (Wildman–Crippen MR) is 76.1 cm³/mol. The molecule has 1 rings (SSSR count). The van der Waals surface area contributed by atoms with Crippen molar-refractivity contribution in [2.45, 2.75) is 33.3 Å². The van der Waals surface area contributed by atoms with Crippen LogP contribution in [0.3, 0.4) is 0 Å². The van der Waals surface area contributed by atoms with Gasteiger partial charge >= 0.3 is 0 Å². The van der Waals surface area contributed by atoms with Crippen LogP contribution < -0.4 is 15.2 Å². The van der Waals surface area contributed by atoms with E-state index in [4.69, 9.17) is 15.2 Å². The molecule has 100 valence electrons. The first kappa shape index (κ1) is 14.6. The second kappa shape index (κ2) is 7.07. The van der Waals surface area contributed by atoms with Gasteiger partial charge in [0.15, 0.2) is 11.5 Å². The lowest BCUT2D eigenvalue weighted by atomic mass is 10.1. The molecule has 3 nitrogen and oxygen atoms in total. The van der Waals surface area contributed by atoms with Gasteiger partial charge in [-0.05, 0) is 38.0 Å². The first-order valence-electron chi connectivity index (χ1n) is 6.34. The Morgan fingerprint density at radius 3 is 2.56 bits per heavy atom. The van der Waals surface area contributed by atoms with E-state index in [1.54, 1.807) is 7.11 Å². The molecule has 0 fully saturated rings. The van der Waals surface area contributed by atoms with Crippen LogP contribution in [0.15, 0.2) is 23.8 Å². The summed E-state index contributed by atoms with van der Waals surface area (Å²) >= 11 is 0. The van der Waals surface area contributed by atoms with Crippen molar-refractivity contribution in [1.29, 1.82) is 0 Å². The molecule has 0 aliphatic carbocycles. The van der Waals surface area contributed by atoms with Gasteiger partial charge in [0.1, 0.15) is 0 Å². The third-order valence-electron chi connectivity index (χ3n) is 2.64. The van der Waals surface area contributed by atoms with Gasteiger partial charge in [0, 0.05) is 6.54 Å². The predicted octanol–water partition coefficient (Wildman–Crippen LogP) is 3.23. The number of rotatable bonds is 6. The number of nitrogens with two attached hydrogens (primary N) is 1. The van der Waals surface area contributed by atoms with Gasteiger partial charge in [-0.25, -0.2) is 0 Å². The topological polar surface area (TPSA) is 44.5 Å². The van der Waals surface area contributed by atoms with Gasteiger partial charge in [-0.2, -0.15) is 0 Å². The van der Waals surface area contributed by atoms with Gasteiger partial charge in [0.25, 0.3) is 0 Å². The van der Waals surface area contributed by atoms with Crippen LogP contribution >= 0.6 is 0 Å². The van der Waals surface area contributed by atoms with Crippen LogP contribution in [0.2, 0.25) is 0 Å². The van der Waals surface area contributed by atoms with E-state index in [0.717, 1.165) is 23.5 Å². The molecule has 1 aromatic carbocycles. The smallest absolute Gasteiger partial charge is 0.161 e. The summed E-state index contributed by atoms with van der Waals surface area (Å²) < 4.78 is 11.0. The number of benzene rings is 1. The first-order chi connectivity index (χ1) is 8.60. The lowest BCUT2D eigenvalue weighted by Gasteiger charge is -2.14. The highest BCUT2D eigenvalue weighted by molar-refractivity contribution is 5.58. The number of hydrogen-bond donors (Lipinski definition) is 1. The molecule has 18 heavy (non-hydrogen) atoms. The minimum absolute atomic E-state index is 0.135. The Kier molecular flexibility index (Phi) is 5.72. The monoisotopic (exact) mass is 249 g/mol. The van der Waals surface area contributed by atoms with Crippen LogP contribution in [0.25, 0.3) is 6.08 Å². The highest BCUT2D eigenvalue weighted by atomic mass is 16.5. The van der Waals surface area contributed by atoms with E-state index in [0.29, 0.717) is 6.54 Å². The lowest BCUT2D eigenvalue weighted by Crippen LogP contribution is -2.06. The highest BCUT2D eigenvalue weighted by Crippen LogP contribution is 2.29. The zero-order chi connectivity index (χ0) is 13.5. The molecule has 0 aliphatic rings. The Morgan fingerprint density at radius 2 is 2.06 bits per heavy atom. The number of hydrogen-bond acceptors (Lipinski definition) is 3. The molecule has 0 amide bonds. The lowest BCUT2D eigenvalue weighted by molar-refractivity contribution is 0.230. The van der Waals surface area contributed by atoms with Crippen molar-refractivity contribution < 1.29 is 9.47 Å². The maximum absolute atomic E-state index is 5.68. The molecular formula is C15H23NO2. The van der Waals surface area contributed by atoms with Crippen LogP contribution in [0.1, 0.15) is 32.8 Å². The zero-order valence-corrected chi connectivity index (χ0v) is 11.7. The van der Waals surface area contributed by atoms with Gasteiger partial charge in [0.05, 0.1) is 13.2 Å². The number of methoxy groups -OCH3 is 1. The molecule has 0 saturated carbocycles. The van der Waals surface area contributed by atoms with Crippen LogP contribution in [0, 0.1) is 0 Å². The van der Waals surface area contributed by atoms with Crippen molar-refractivity contribution in [2.75, 3.05) is 13.7 Å². The fourth-order valence-corrected chi connectivity index (χ4v) is 1.67. The number of ether oxygens (including phenoxy) is 2. The van der Waals surface area contributed by atoms with Crippen molar-refractivity contribution in [3.05, 3.63) is 29.3 Å². The van der Waals surface area contributed by atoms with Gasteiger partial charge < -0.3 is 15.2 Å². The molecule has 2 N–H and O–H groups in total. The van der Waals surface area contributed by atoms with Crippen molar-refractivity contribution >= 4 is 6.08 Å². The van der Waals surface area contributed by atoms with Gasteiger partial charge in [-0.3, -0.25) is 0 Å². The Labute approximate surface area is 110 Å². The second-order valence-electron chi connectivity index (χ2n) is 4.44. The molecule has 0 unspecified atom stereocenters. The third kappa shape index (κ3) is 4.08. The van der Waals surface area contributed by atoms with Gasteiger partial charge in [0.2, 0.25) is 0 Å². The van der Waals surface area contributed by atoms with Gasteiger partial charge in [-0.1, -0.05) is 24.6 Å². The normalized spacial score (nSPS) is 11.8. The van der Waals surface area contributed by atoms with E-state index in [-0.39, 0.29) is 6.10 Å². The first-order valence-corrected chi connectivity index (χ1v) is 6.34. The molecule has 0 aromatic heterocycles. The van der Waals surface area contributed by atoms with Crippen molar-refractivity contribution in [3.63, 3.8) is 0 Å². The fraction of sp³-hybridized carbons (Fsp3) is 0.467. The second-order valence-corrected chi connectivity index (χ2v) is 4.44. The largest absolute Gasteiger partial charge is 0.493 e.